The highest BCUT2D eigenvalue weighted by molar-refractivity contribution is 6.00. The molecule has 0 bridgehead atoms. The van der Waals surface area contributed by atoms with Gasteiger partial charge in [-0.2, -0.15) is 4.99 Å². The van der Waals surface area contributed by atoms with E-state index in [2.05, 4.69) is 4.99 Å². The van der Waals surface area contributed by atoms with Gasteiger partial charge in [-0.3, -0.25) is 4.79 Å². The van der Waals surface area contributed by atoms with Gasteiger partial charge in [0.2, 0.25) is 6.08 Å². The van der Waals surface area contributed by atoms with Gasteiger partial charge in [0.15, 0.2) is 0 Å². The predicted octanol–water partition coefficient (Wildman–Crippen LogP) is 1.69. The maximum atomic E-state index is 11.3. The standard InChI is InChI=1S/C11H10N2O3/c1-13(11(16)6-7-14)10-4-2-9(3-5-10)12-8-15/h2-7,14H,1H3/b7-6-. The number of isocyanates is 1. The minimum atomic E-state index is -0.353. The number of hydrogen-bond donors (Lipinski definition) is 1. The Labute approximate surface area is 92.3 Å². The quantitative estimate of drug-likeness (QED) is 0.363. The molecule has 1 aromatic carbocycles. The lowest BCUT2D eigenvalue weighted by atomic mass is 10.2. The Balaban J connectivity index is 2.89. The number of rotatable bonds is 3. The lowest BCUT2D eigenvalue weighted by molar-refractivity contribution is -0.114. The highest BCUT2D eigenvalue weighted by Gasteiger charge is 2.06. The molecule has 0 atom stereocenters. The van der Waals surface area contributed by atoms with E-state index in [4.69, 9.17) is 5.11 Å². The summed E-state index contributed by atoms with van der Waals surface area (Å²) in [6.07, 6.45) is 3.15. The van der Waals surface area contributed by atoms with Crippen LogP contribution in [0, 0.1) is 0 Å². The van der Waals surface area contributed by atoms with Gasteiger partial charge < -0.3 is 10.0 Å². The SMILES string of the molecule is CN(C(=O)/C=C\O)c1ccc(N=C=O)cc1. The zero-order valence-corrected chi connectivity index (χ0v) is 8.62. The fraction of sp³-hybridized carbons (Fsp3) is 0.0909. The largest absolute Gasteiger partial charge is 0.515 e. The van der Waals surface area contributed by atoms with Crippen LogP contribution in [-0.4, -0.2) is 24.1 Å². The molecule has 0 spiro atoms. The van der Waals surface area contributed by atoms with Crippen molar-refractivity contribution in [3.05, 3.63) is 36.6 Å². The third-order valence-electron chi connectivity index (χ3n) is 1.96. The van der Waals surface area contributed by atoms with Crippen molar-refractivity contribution in [1.29, 1.82) is 0 Å². The van der Waals surface area contributed by atoms with E-state index in [-0.39, 0.29) is 5.91 Å². The van der Waals surface area contributed by atoms with E-state index in [1.807, 2.05) is 0 Å². The Morgan fingerprint density at radius 1 is 1.44 bits per heavy atom. The van der Waals surface area contributed by atoms with Gasteiger partial charge in [-0.25, -0.2) is 4.79 Å². The molecule has 0 aliphatic heterocycles. The van der Waals surface area contributed by atoms with Crippen LogP contribution in [0.5, 0.6) is 0 Å². The van der Waals surface area contributed by atoms with Crippen molar-refractivity contribution in [2.75, 3.05) is 11.9 Å². The molecule has 0 aliphatic carbocycles. The van der Waals surface area contributed by atoms with Crippen molar-refractivity contribution in [3.8, 4) is 0 Å². The van der Waals surface area contributed by atoms with Gasteiger partial charge in [0, 0.05) is 18.8 Å². The summed E-state index contributed by atoms with van der Waals surface area (Å²) in [5.74, 6) is -0.353. The highest BCUT2D eigenvalue weighted by atomic mass is 16.2. The number of likely N-dealkylation sites (N-methyl/N-ethyl adjacent to an activating group) is 1. The molecule has 1 N–H and O–H groups in total. The van der Waals surface area contributed by atoms with Gasteiger partial charge in [0.1, 0.15) is 0 Å². The lowest BCUT2D eigenvalue weighted by Gasteiger charge is -2.14. The summed E-state index contributed by atoms with van der Waals surface area (Å²) in [6.45, 7) is 0. The molecule has 0 saturated carbocycles. The fourth-order valence-corrected chi connectivity index (χ4v) is 1.11. The van der Waals surface area contributed by atoms with Crippen molar-refractivity contribution >= 4 is 23.4 Å². The molecule has 0 unspecified atom stereocenters. The second-order valence-corrected chi connectivity index (χ2v) is 2.93. The van der Waals surface area contributed by atoms with Crippen LogP contribution in [0.15, 0.2) is 41.6 Å². The first-order chi connectivity index (χ1) is 7.69. The average molecular weight is 218 g/mol. The van der Waals surface area contributed by atoms with Gasteiger partial charge in [0.05, 0.1) is 11.9 Å². The number of amides is 1. The molecule has 5 heteroatoms. The molecule has 5 nitrogen and oxygen atoms in total. The van der Waals surface area contributed by atoms with Crippen molar-refractivity contribution < 1.29 is 14.7 Å². The molecule has 0 aromatic heterocycles. The van der Waals surface area contributed by atoms with Crippen molar-refractivity contribution in [2.45, 2.75) is 0 Å². The third kappa shape index (κ3) is 2.80. The maximum absolute atomic E-state index is 11.3. The van der Waals surface area contributed by atoms with Gasteiger partial charge in [-0.1, -0.05) is 0 Å². The van der Waals surface area contributed by atoms with E-state index in [1.165, 1.54) is 11.0 Å². The van der Waals surface area contributed by atoms with Crippen molar-refractivity contribution in [3.63, 3.8) is 0 Å². The van der Waals surface area contributed by atoms with Gasteiger partial charge >= 0.3 is 0 Å². The van der Waals surface area contributed by atoms with Crippen LogP contribution in [0.4, 0.5) is 11.4 Å². The number of carbonyl (C=O) groups is 1. The monoisotopic (exact) mass is 218 g/mol. The number of aliphatic hydroxyl groups excluding tert-OH is 1. The molecule has 0 fully saturated rings. The van der Waals surface area contributed by atoms with Crippen LogP contribution in [0.1, 0.15) is 0 Å². The molecule has 1 rings (SSSR count). The number of benzene rings is 1. The van der Waals surface area contributed by atoms with E-state index in [0.717, 1.165) is 6.08 Å². The molecule has 16 heavy (non-hydrogen) atoms. The van der Waals surface area contributed by atoms with Crippen LogP contribution in [0.3, 0.4) is 0 Å². The Hall–Kier alpha value is -2.39. The molecule has 0 radical (unpaired) electrons. The van der Waals surface area contributed by atoms with Crippen LogP contribution in [0.2, 0.25) is 0 Å². The smallest absolute Gasteiger partial charge is 0.253 e. The lowest BCUT2D eigenvalue weighted by Crippen LogP contribution is -2.23. The molecule has 0 saturated heterocycles. The zero-order valence-electron chi connectivity index (χ0n) is 8.62. The summed E-state index contributed by atoms with van der Waals surface area (Å²) in [5, 5.41) is 8.46. The predicted molar refractivity (Wildman–Crippen MR) is 59.4 cm³/mol. The van der Waals surface area contributed by atoms with E-state index in [9.17, 15) is 9.59 Å². The van der Waals surface area contributed by atoms with Crippen molar-refractivity contribution in [2.24, 2.45) is 4.99 Å². The summed E-state index contributed by atoms with van der Waals surface area (Å²) >= 11 is 0. The van der Waals surface area contributed by atoms with Crippen LogP contribution < -0.4 is 4.90 Å². The summed E-state index contributed by atoms with van der Waals surface area (Å²) in [7, 11) is 1.57. The molecule has 0 aliphatic rings. The van der Waals surface area contributed by atoms with Crippen LogP contribution in [-0.2, 0) is 9.59 Å². The first-order valence-corrected chi connectivity index (χ1v) is 4.45. The van der Waals surface area contributed by atoms with Gasteiger partial charge in [0.25, 0.3) is 5.91 Å². The van der Waals surface area contributed by atoms with Crippen LogP contribution >= 0.6 is 0 Å². The number of carbonyl (C=O) groups excluding carboxylic acids is 2. The Morgan fingerprint density at radius 3 is 2.56 bits per heavy atom. The minimum absolute atomic E-state index is 0.353. The maximum Gasteiger partial charge on any atom is 0.253 e. The second-order valence-electron chi connectivity index (χ2n) is 2.93. The summed E-state index contributed by atoms with van der Waals surface area (Å²) < 4.78 is 0. The highest BCUT2D eigenvalue weighted by Crippen LogP contribution is 2.18. The zero-order chi connectivity index (χ0) is 12.0. The number of anilines is 1. The van der Waals surface area contributed by atoms with Crippen molar-refractivity contribution in [1.82, 2.24) is 0 Å². The Kier molecular flexibility index (Phi) is 4.00. The van der Waals surface area contributed by atoms with E-state index < -0.39 is 0 Å². The average Bonchev–Trinajstić information content (AvgIpc) is 2.30. The third-order valence-corrected chi connectivity index (χ3v) is 1.96. The van der Waals surface area contributed by atoms with Crippen LogP contribution in [0.25, 0.3) is 0 Å². The van der Waals surface area contributed by atoms with E-state index in [0.29, 0.717) is 17.6 Å². The fourth-order valence-electron chi connectivity index (χ4n) is 1.11. The normalized spacial score (nSPS) is 9.81. The summed E-state index contributed by atoms with van der Waals surface area (Å²) in [5.41, 5.74) is 1.10. The molecule has 0 heterocycles. The van der Waals surface area contributed by atoms with E-state index >= 15 is 0 Å². The minimum Gasteiger partial charge on any atom is -0.515 e. The summed E-state index contributed by atoms with van der Waals surface area (Å²) in [4.78, 5) is 26.1. The molecular formula is C11H10N2O3. The number of aliphatic hydroxyl groups is 1. The molecule has 1 amide bonds. The van der Waals surface area contributed by atoms with Gasteiger partial charge in [-0.15, -0.1) is 0 Å². The first-order valence-electron chi connectivity index (χ1n) is 4.45. The van der Waals surface area contributed by atoms with E-state index in [1.54, 1.807) is 31.3 Å². The second kappa shape index (κ2) is 5.48. The number of hydrogen-bond acceptors (Lipinski definition) is 4. The topological polar surface area (TPSA) is 70.0 Å². The molecule has 1 aromatic rings. The Bertz CT molecular complexity index is 445. The number of nitrogens with zero attached hydrogens (tertiary/aromatic N) is 2. The number of aliphatic imine (C=N–C) groups is 1. The Morgan fingerprint density at radius 2 is 2.06 bits per heavy atom. The molecule has 82 valence electrons. The molecular weight excluding hydrogens is 208 g/mol. The first kappa shape index (κ1) is 11.7. The van der Waals surface area contributed by atoms with Gasteiger partial charge in [-0.05, 0) is 24.3 Å². The summed E-state index contributed by atoms with van der Waals surface area (Å²) in [6, 6.07) is 6.46.